The van der Waals surface area contributed by atoms with Gasteiger partial charge in [-0.15, -0.1) is 0 Å². The quantitative estimate of drug-likeness (QED) is 0.851. The molecule has 6 nitrogen and oxygen atoms in total. The Hall–Kier alpha value is -2.76. The predicted octanol–water partition coefficient (Wildman–Crippen LogP) is 1.24. The van der Waals surface area contributed by atoms with E-state index in [4.69, 9.17) is 0 Å². The van der Waals surface area contributed by atoms with Crippen molar-refractivity contribution in [3.63, 3.8) is 0 Å². The Morgan fingerprint density at radius 2 is 1.95 bits per heavy atom. The highest BCUT2D eigenvalue weighted by atomic mass is 16.2. The standard InChI is InChI=1S/C14H13N3O3/c1-9(18)10-4-3-5-11(8-10)15-14(20)12-6-7-13(19)17(2)16-12/h3-8H,1-2H3,(H,15,20). The monoisotopic (exact) mass is 271 g/mol. The van der Waals surface area contributed by atoms with Gasteiger partial charge in [0.05, 0.1) is 0 Å². The van der Waals surface area contributed by atoms with Gasteiger partial charge in [-0.1, -0.05) is 12.1 Å². The number of carbonyl (C=O) groups is 2. The second kappa shape index (κ2) is 5.48. The molecule has 0 aliphatic carbocycles. The van der Waals surface area contributed by atoms with Gasteiger partial charge in [0.2, 0.25) is 0 Å². The summed E-state index contributed by atoms with van der Waals surface area (Å²) in [5.41, 5.74) is 0.843. The zero-order valence-electron chi connectivity index (χ0n) is 11.1. The number of carbonyl (C=O) groups excluding carboxylic acids is 2. The summed E-state index contributed by atoms with van der Waals surface area (Å²) in [6.07, 6.45) is 0. The van der Waals surface area contributed by atoms with Gasteiger partial charge in [-0.3, -0.25) is 14.4 Å². The third kappa shape index (κ3) is 2.97. The molecule has 1 aromatic heterocycles. The molecule has 2 rings (SSSR count). The number of aromatic nitrogens is 2. The number of ketones is 1. The van der Waals surface area contributed by atoms with Crippen LogP contribution >= 0.6 is 0 Å². The second-order valence-corrected chi connectivity index (χ2v) is 4.27. The fourth-order valence-corrected chi connectivity index (χ4v) is 1.63. The molecule has 0 fully saturated rings. The molecule has 1 aromatic carbocycles. The van der Waals surface area contributed by atoms with Crippen LogP contribution in [0.2, 0.25) is 0 Å². The van der Waals surface area contributed by atoms with Gasteiger partial charge in [0.15, 0.2) is 5.78 Å². The summed E-state index contributed by atoms with van der Waals surface area (Å²) in [6, 6.07) is 9.23. The van der Waals surface area contributed by atoms with E-state index in [1.54, 1.807) is 24.3 Å². The van der Waals surface area contributed by atoms with Crippen molar-refractivity contribution in [3.05, 3.63) is 58.0 Å². The van der Waals surface area contributed by atoms with Crippen LogP contribution in [0.3, 0.4) is 0 Å². The number of benzene rings is 1. The van der Waals surface area contributed by atoms with Gasteiger partial charge < -0.3 is 5.32 Å². The molecule has 0 unspecified atom stereocenters. The van der Waals surface area contributed by atoms with Crippen molar-refractivity contribution in [2.75, 3.05) is 5.32 Å². The molecule has 0 saturated carbocycles. The first-order valence-corrected chi connectivity index (χ1v) is 5.94. The van der Waals surface area contributed by atoms with Crippen LogP contribution < -0.4 is 10.9 Å². The van der Waals surface area contributed by atoms with E-state index in [0.29, 0.717) is 11.3 Å². The van der Waals surface area contributed by atoms with Gasteiger partial charge in [-0.05, 0) is 25.1 Å². The normalized spacial score (nSPS) is 10.1. The van der Waals surface area contributed by atoms with Crippen molar-refractivity contribution in [2.45, 2.75) is 6.92 Å². The molecule has 0 saturated heterocycles. The fourth-order valence-electron chi connectivity index (χ4n) is 1.63. The van der Waals surface area contributed by atoms with Crippen LogP contribution in [0.1, 0.15) is 27.8 Å². The molecule has 102 valence electrons. The van der Waals surface area contributed by atoms with Crippen LogP contribution in [0, 0.1) is 0 Å². The number of nitrogens with zero attached hydrogens (tertiary/aromatic N) is 2. The Kier molecular flexibility index (Phi) is 3.74. The largest absolute Gasteiger partial charge is 0.321 e. The SMILES string of the molecule is CC(=O)c1cccc(NC(=O)c2ccc(=O)n(C)n2)c1. The van der Waals surface area contributed by atoms with E-state index in [2.05, 4.69) is 10.4 Å². The molecule has 0 radical (unpaired) electrons. The Bertz CT molecular complexity index is 734. The summed E-state index contributed by atoms with van der Waals surface area (Å²) in [5.74, 6) is -0.525. The molecule has 0 spiro atoms. The number of amides is 1. The first-order chi connectivity index (χ1) is 9.47. The van der Waals surface area contributed by atoms with E-state index < -0.39 is 5.91 Å². The maximum absolute atomic E-state index is 12.0. The summed E-state index contributed by atoms with van der Waals surface area (Å²) < 4.78 is 1.08. The van der Waals surface area contributed by atoms with Crippen molar-refractivity contribution in [3.8, 4) is 0 Å². The molecule has 0 aliphatic heterocycles. The zero-order chi connectivity index (χ0) is 14.7. The molecule has 1 heterocycles. The van der Waals surface area contributed by atoms with Crippen molar-refractivity contribution in [2.24, 2.45) is 7.05 Å². The first-order valence-electron chi connectivity index (χ1n) is 5.94. The molecule has 2 aromatic rings. The average Bonchev–Trinajstić information content (AvgIpc) is 2.42. The molecule has 0 bridgehead atoms. The van der Waals surface area contributed by atoms with Crippen molar-refractivity contribution < 1.29 is 9.59 Å². The van der Waals surface area contributed by atoms with Crippen LogP contribution in [0.25, 0.3) is 0 Å². The molecule has 0 atom stereocenters. The first kappa shape index (κ1) is 13.7. The molecule has 6 heteroatoms. The summed E-state index contributed by atoms with van der Waals surface area (Å²) in [7, 11) is 1.47. The minimum Gasteiger partial charge on any atom is -0.321 e. The lowest BCUT2D eigenvalue weighted by Gasteiger charge is -2.06. The second-order valence-electron chi connectivity index (χ2n) is 4.27. The number of anilines is 1. The fraction of sp³-hybridized carbons (Fsp3) is 0.143. The third-order valence-electron chi connectivity index (χ3n) is 2.72. The predicted molar refractivity (Wildman–Crippen MR) is 73.9 cm³/mol. The Labute approximate surface area is 115 Å². The minimum absolute atomic E-state index is 0.0821. The molecule has 0 aliphatic rings. The highest BCUT2D eigenvalue weighted by Crippen LogP contribution is 2.12. The van der Waals surface area contributed by atoms with Crippen LogP contribution in [0.15, 0.2) is 41.2 Å². The number of Topliss-reactive ketones (excluding diaryl/α,β-unsaturated/α-hetero) is 1. The van der Waals surface area contributed by atoms with Crippen molar-refractivity contribution in [1.82, 2.24) is 9.78 Å². The van der Waals surface area contributed by atoms with Gasteiger partial charge in [0, 0.05) is 24.4 Å². The maximum atomic E-state index is 12.0. The van der Waals surface area contributed by atoms with E-state index in [1.807, 2.05) is 0 Å². The van der Waals surface area contributed by atoms with Gasteiger partial charge in [0.1, 0.15) is 5.69 Å². The van der Waals surface area contributed by atoms with E-state index in [-0.39, 0.29) is 17.0 Å². The number of hydrogen-bond acceptors (Lipinski definition) is 4. The van der Waals surface area contributed by atoms with E-state index in [0.717, 1.165) is 4.68 Å². The van der Waals surface area contributed by atoms with E-state index in [1.165, 1.54) is 26.1 Å². The van der Waals surface area contributed by atoms with E-state index in [9.17, 15) is 14.4 Å². The van der Waals surface area contributed by atoms with Crippen LogP contribution in [-0.4, -0.2) is 21.5 Å². The van der Waals surface area contributed by atoms with Crippen molar-refractivity contribution >= 4 is 17.4 Å². The summed E-state index contributed by atoms with van der Waals surface area (Å²) in [6.45, 7) is 1.45. The Balaban J connectivity index is 2.23. The smallest absolute Gasteiger partial charge is 0.276 e. The number of aryl methyl sites for hydroxylation is 1. The summed E-state index contributed by atoms with van der Waals surface area (Å²) in [4.78, 5) is 34.5. The molecule has 20 heavy (non-hydrogen) atoms. The van der Waals surface area contributed by atoms with Crippen LogP contribution in [-0.2, 0) is 7.05 Å². The summed E-state index contributed by atoms with van der Waals surface area (Å²) >= 11 is 0. The lowest BCUT2D eigenvalue weighted by atomic mass is 10.1. The maximum Gasteiger partial charge on any atom is 0.276 e. The molecular weight excluding hydrogens is 258 g/mol. The Morgan fingerprint density at radius 1 is 1.20 bits per heavy atom. The lowest BCUT2D eigenvalue weighted by molar-refractivity contribution is 0.100. The summed E-state index contributed by atoms with van der Waals surface area (Å²) in [5, 5.41) is 6.48. The molecule has 1 amide bonds. The average molecular weight is 271 g/mol. The lowest BCUT2D eigenvalue weighted by Crippen LogP contribution is -2.23. The topological polar surface area (TPSA) is 81.1 Å². The van der Waals surface area contributed by atoms with Gasteiger partial charge >= 0.3 is 0 Å². The minimum atomic E-state index is -0.443. The molecular formula is C14H13N3O3. The molecule has 1 N–H and O–H groups in total. The highest BCUT2D eigenvalue weighted by Gasteiger charge is 2.09. The van der Waals surface area contributed by atoms with Gasteiger partial charge in [0.25, 0.3) is 11.5 Å². The van der Waals surface area contributed by atoms with Gasteiger partial charge in [-0.2, -0.15) is 5.10 Å². The zero-order valence-corrected chi connectivity index (χ0v) is 11.1. The van der Waals surface area contributed by atoms with E-state index >= 15 is 0 Å². The highest BCUT2D eigenvalue weighted by molar-refractivity contribution is 6.03. The Morgan fingerprint density at radius 3 is 2.60 bits per heavy atom. The number of rotatable bonds is 3. The van der Waals surface area contributed by atoms with Crippen LogP contribution in [0.5, 0.6) is 0 Å². The third-order valence-corrected chi connectivity index (χ3v) is 2.72. The number of hydrogen-bond donors (Lipinski definition) is 1. The van der Waals surface area contributed by atoms with Crippen LogP contribution in [0.4, 0.5) is 5.69 Å². The number of nitrogens with one attached hydrogen (secondary N) is 1. The van der Waals surface area contributed by atoms with Gasteiger partial charge in [-0.25, -0.2) is 4.68 Å². The van der Waals surface area contributed by atoms with Crippen molar-refractivity contribution in [1.29, 1.82) is 0 Å².